The van der Waals surface area contributed by atoms with Gasteiger partial charge in [0.25, 0.3) is 5.91 Å². The summed E-state index contributed by atoms with van der Waals surface area (Å²) in [6, 6.07) is 7.16. The molecule has 3 amide bonds. The van der Waals surface area contributed by atoms with Gasteiger partial charge in [-0.05, 0) is 60.3 Å². The van der Waals surface area contributed by atoms with E-state index < -0.39 is 0 Å². The van der Waals surface area contributed by atoms with E-state index in [1.807, 2.05) is 19.2 Å². The van der Waals surface area contributed by atoms with E-state index in [0.29, 0.717) is 34.7 Å². The molecule has 0 spiro atoms. The summed E-state index contributed by atoms with van der Waals surface area (Å²) >= 11 is 1.30. The van der Waals surface area contributed by atoms with Gasteiger partial charge in [0.15, 0.2) is 5.13 Å². The summed E-state index contributed by atoms with van der Waals surface area (Å²) in [7, 11) is 1.57. The fraction of sp³-hybridized carbons (Fsp3) is 0.586. The topological polar surface area (TPSA) is 91.8 Å². The number of fused-ring (bicyclic) bond motifs is 2. The number of carbonyl (C=O) groups excluding carboxylic acids is 3. The molecule has 2 fully saturated rings. The second-order valence-corrected chi connectivity index (χ2v) is 13.3. The lowest BCUT2D eigenvalue weighted by atomic mass is 9.65. The highest BCUT2D eigenvalue weighted by molar-refractivity contribution is 7.13. The first-order chi connectivity index (χ1) is 17.9. The van der Waals surface area contributed by atoms with Gasteiger partial charge in [0.1, 0.15) is 12.3 Å². The molecule has 206 valence electrons. The molecule has 1 aliphatic carbocycles. The van der Waals surface area contributed by atoms with Gasteiger partial charge in [0.05, 0.1) is 19.2 Å². The maximum absolute atomic E-state index is 13.2. The number of nitrogens with zero attached hydrogens (tertiary/aromatic N) is 3. The predicted octanol–water partition coefficient (Wildman–Crippen LogP) is 4.86. The minimum atomic E-state index is -0.316. The number of anilines is 1. The number of aromatic nitrogens is 1. The number of carbonyl (C=O) groups is 3. The minimum absolute atomic E-state index is 0.0826. The Balaban J connectivity index is 1.35. The standard InChI is InChI=1S/C29H40N4O4S/c1-19(2)14-32(26(36)20-7-9-23(37-6)10-8-20)15-24(34)31-27-30-21(16-38-27)11-25(35)33-18-29(5)13-22(33)12-28(3,4)17-29/h7-10,16,19,22H,11-15,17-18H2,1-6H3,(H,30,31,34). The van der Waals surface area contributed by atoms with Crippen LogP contribution in [0.15, 0.2) is 29.6 Å². The molecule has 2 unspecified atom stereocenters. The van der Waals surface area contributed by atoms with Gasteiger partial charge in [-0.15, -0.1) is 11.3 Å². The van der Waals surface area contributed by atoms with Gasteiger partial charge < -0.3 is 19.9 Å². The van der Waals surface area contributed by atoms with Crippen molar-refractivity contribution in [1.82, 2.24) is 14.8 Å². The van der Waals surface area contributed by atoms with Crippen LogP contribution in [0.3, 0.4) is 0 Å². The van der Waals surface area contributed by atoms with Gasteiger partial charge in [-0.1, -0.05) is 34.6 Å². The summed E-state index contributed by atoms with van der Waals surface area (Å²) in [4.78, 5) is 47.3. The minimum Gasteiger partial charge on any atom is -0.497 e. The Kier molecular flexibility index (Phi) is 8.16. The van der Waals surface area contributed by atoms with Crippen LogP contribution in [-0.2, 0) is 16.0 Å². The Hall–Kier alpha value is -2.94. The van der Waals surface area contributed by atoms with Crippen LogP contribution >= 0.6 is 11.3 Å². The molecule has 1 saturated carbocycles. The van der Waals surface area contributed by atoms with E-state index >= 15 is 0 Å². The van der Waals surface area contributed by atoms with Gasteiger partial charge in [-0.25, -0.2) is 4.98 Å². The normalized spacial score (nSPS) is 21.9. The fourth-order valence-electron chi connectivity index (χ4n) is 6.36. The number of rotatable bonds is 9. The number of ether oxygens (including phenoxy) is 1. The highest BCUT2D eigenvalue weighted by atomic mass is 32.1. The zero-order valence-corrected chi connectivity index (χ0v) is 24.2. The zero-order valence-electron chi connectivity index (χ0n) is 23.4. The second kappa shape index (κ2) is 11.0. The molecule has 2 heterocycles. The third kappa shape index (κ3) is 6.73. The number of benzene rings is 1. The fourth-order valence-corrected chi connectivity index (χ4v) is 7.09. The van der Waals surface area contributed by atoms with Gasteiger partial charge in [-0.3, -0.25) is 14.4 Å². The zero-order chi connectivity index (χ0) is 27.7. The molecule has 2 bridgehead atoms. The molecular formula is C29H40N4O4S. The van der Waals surface area contributed by atoms with Crippen LogP contribution in [0.4, 0.5) is 5.13 Å². The van der Waals surface area contributed by atoms with Crippen LogP contribution in [0.1, 0.15) is 69.9 Å². The summed E-state index contributed by atoms with van der Waals surface area (Å²) in [5, 5.41) is 5.08. The van der Waals surface area contributed by atoms with E-state index in [1.165, 1.54) is 11.3 Å². The van der Waals surface area contributed by atoms with Crippen molar-refractivity contribution in [1.29, 1.82) is 0 Å². The number of thiazole rings is 1. The smallest absolute Gasteiger partial charge is 0.254 e. The predicted molar refractivity (Wildman–Crippen MR) is 149 cm³/mol. The van der Waals surface area contributed by atoms with Crippen molar-refractivity contribution >= 4 is 34.2 Å². The van der Waals surface area contributed by atoms with Gasteiger partial charge in [-0.2, -0.15) is 0 Å². The first kappa shape index (κ1) is 28.1. The average Bonchev–Trinajstić information content (AvgIpc) is 3.37. The summed E-state index contributed by atoms with van der Waals surface area (Å²) in [6.45, 7) is 12.1. The highest BCUT2D eigenvalue weighted by Gasteiger charge is 2.50. The van der Waals surface area contributed by atoms with Crippen LogP contribution in [0, 0.1) is 16.7 Å². The number of nitrogens with one attached hydrogen (secondary N) is 1. The molecule has 1 aromatic heterocycles. The van der Waals surface area contributed by atoms with E-state index in [2.05, 4.69) is 36.0 Å². The SMILES string of the molecule is COc1ccc(C(=O)N(CC(=O)Nc2nc(CC(=O)N3CC4(C)CC3CC(C)(C)C4)cs2)CC(C)C)cc1. The van der Waals surface area contributed by atoms with Crippen LogP contribution < -0.4 is 10.1 Å². The number of methoxy groups -OCH3 is 1. The molecule has 2 aromatic rings. The number of hydrogen-bond donors (Lipinski definition) is 1. The van der Waals surface area contributed by atoms with Crippen LogP contribution in [-0.4, -0.2) is 65.3 Å². The lowest BCUT2D eigenvalue weighted by Crippen LogP contribution is -2.40. The van der Waals surface area contributed by atoms with Crippen molar-refractivity contribution < 1.29 is 19.1 Å². The van der Waals surface area contributed by atoms with Crippen LogP contribution in [0.5, 0.6) is 5.75 Å². The summed E-state index contributed by atoms with van der Waals surface area (Å²) in [5.41, 5.74) is 1.60. The van der Waals surface area contributed by atoms with Crippen molar-refractivity contribution in [2.45, 2.75) is 66.3 Å². The van der Waals surface area contributed by atoms with Gasteiger partial charge in [0, 0.05) is 30.1 Å². The molecule has 1 aliphatic heterocycles. The first-order valence-corrected chi connectivity index (χ1v) is 14.2. The molecule has 1 saturated heterocycles. The van der Waals surface area contributed by atoms with Crippen LogP contribution in [0.2, 0.25) is 0 Å². The molecular weight excluding hydrogens is 500 g/mol. The largest absolute Gasteiger partial charge is 0.497 e. The summed E-state index contributed by atoms with van der Waals surface area (Å²) < 4.78 is 5.17. The monoisotopic (exact) mass is 540 g/mol. The molecule has 9 heteroatoms. The molecule has 2 aliphatic rings. The number of hydrogen-bond acceptors (Lipinski definition) is 6. The molecule has 0 radical (unpaired) electrons. The maximum atomic E-state index is 13.2. The lowest BCUT2D eigenvalue weighted by molar-refractivity contribution is -0.131. The average molecular weight is 541 g/mol. The highest BCUT2D eigenvalue weighted by Crippen LogP contribution is 2.52. The van der Waals surface area contributed by atoms with E-state index in [0.717, 1.165) is 25.8 Å². The van der Waals surface area contributed by atoms with E-state index in [4.69, 9.17) is 4.74 Å². The molecule has 2 atom stereocenters. The quantitative estimate of drug-likeness (QED) is 0.491. The Morgan fingerprint density at radius 2 is 1.89 bits per heavy atom. The Morgan fingerprint density at radius 1 is 1.18 bits per heavy atom. The lowest BCUT2D eigenvalue weighted by Gasteiger charge is -2.39. The molecule has 8 nitrogen and oxygen atoms in total. The molecule has 38 heavy (non-hydrogen) atoms. The van der Waals surface area contributed by atoms with E-state index in [9.17, 15) is 14.4 Å². The van der Waals surface area contributed by atoms with Crippen molar-refractivity contribution in [2.75, 3.05) is 32.1 Å². The molecule has 4 rings (SSSR count). The van der Waals surface area contributed by atoms with Crippen LogP contribution in [0.25, 0.3) is 0 Å². The maximum Gasteiger partial charge on any atom is 0.254 e. The Bertz CT molecular complexity index is 1180. The van der Waals surface area contributed by atoms with Gasteiger partial charge in [0.2, 0.25) is 11.8 Å². The second-order valence-electron chi connectivity index (χ2n) is 12.4. The van der Waals surface area contributed by atoms with Gasteiger partial charge >= 0.3 is 0 Å². The van der Waals surface area contributed by atoms with Crippen molar-refractivity contribution in [2.24, 2.45) is 16.7 Å². The van der Waals surface area contributed by atoms with E-state index in [1.54, 1.807) is 36.3 Å². The summed E-state index contributed by atoms with van der Waals surface area (Å²) in [6.07, 6.45) is 3.48. The van der Waals surface area contributed by atoms with Crippen molar-refractivity contribution in [3.05, 3.63) is 40.9 Å². The first-order valence-electron chi connectivity index (χ1n) is 13.3. The third-order valence-corrected chi connectivity index (χ3v) is 8.22. The number of amides is 3. The third-order valence-electron chi connectivity index (χ3n) is 7.41. The molecule has 1 N–H and O–H groups in total. The van der Waals surface area contributed by atoms with E-state index in [-0.39, 0.29) is 47.4 Å². The molecule has 1 aromatic carbocycles. The Labute approximate surface area is 229 Å². The Morgan fingerprint density at radius 3 is 2.55 bits per heavy atom. The number of likely N-dealkylation sites (tertiary alicyclic amines) is 1. The van der Waals surface area contributed by atoms with Crippen molar-refractivity contribution in [3.63, 3.8) is 0 Å². The summed E-state index contributed by atoms with van der Waals surface area (Å²) in [5.74, 6) is 0.435. The van der Waals surface area contributed by atoms with Crippen molar-refractivity contribution in [3.8, 4) is 5.75 Å².